The predicted molar refractivity (Wildman–Crippen MR) is 86.6 cm³/mol. The number of hydrogen-bond donors (Lipinski definition) is 1. The van der Waals surface area contributed by atoms with Gasteiger partial charge in [0, 0.05) is 29.0 Å². The molecule has 1 heterocycles. The van der Waals surface area contributed by atoms with Gasteiger partial charge >= 0.3 is 0 Å². The second-order valence-electron chi connectivity index (χ2n) is 5.71. The van der Waals surface area contributed by atoms with Crippen LogP contribution in [0.1, 0.15) is 26.7 Å². The van der Waals surface area contributed by atoms with E-state index in [1.807, 2.05) is 18.3 Å². The number of aromatic nitrogens is 1. The fraction of sp³-hybridized carbons (Fsp3) is 0.375. The summed E-state index contributed by atoms with van der Waals surface area (Å²) in [7, 11) is 0. The highest BCUT2D eigenvalue weighted by molar-refractivity contribution is 9.10. The molecule has 1 N–H and O–H groups in total. The van der Waals surface area contributed by atoms with Crippen LogP contribution in [0.4, 0.5) is 5.69 Å². The topological polar surface area (TPSA) is 48.7 Å². The maximum Gasteiger partial charge on any atom is 0.0934 e. The van der Waals surface area contributed by atoms with Crippen LogP contribution in [0.5, 0.6) is 0 Å². The highest BCUT2D eigenvalue weighted by atomic mass is 79.9. The van der Waals surface area contributed by atoms with Crippen LogP contribution in [-0.2, 0) is 0 Å². The van der Waals surface area contributed by atoms with Crippen LogP contribution < -0.4 is 5.32 Å². The van der Waals surface area contributed by atoms with Crippen molar-refractivity contribution < 1.29 is 0 Å². The summed E-state index contributed by atoms with van der Waals surface area (Å²) < 4.78 is 0.983. The first-order valence-electron chi connectivity index (χ1n) is 6.67. The third-order valence-electron chi connectivity index (χ3n) is 3.35. The van der Waals surface area contributed by atoms with Gasteiger partial charge in [-0.15, -0.1) is 0 Å². The van der Waals surface area contributed by atoms with Crippen LogP contribution in [0.2, 0.25) is 0 Å². The lowest BCUT2D eigenvalue weighted by atomic mass is 9.88. The summed E-state index contributed by atoms with van der Waals surface area (Å²) in [6, 6.07) is 10.4. The van der Waals surface area contributed by atoms with Crippen molar-refractivity contribution in [3.05, 3.63) is 34.9 Å². The van der Waals surface area contributed by atoms with Crippen molar-refractivity contribution in [1.29, 1.82) is 5.26 Å². The smallest absolute Gasteiger partial charge is 0.0934 e. The Morgan fingerprint density at radius 3 is 2.95 bits per heavy atom. The molecule has 0 saturated carbocycles. The Hall–Kier alpha value is -1.60. The van der Waals surface area contributed by atoms with E-state index in [0.717, 1.165) is 34.0 Å². The third kappa shape index (κ3) is 3.71. The zero-order chi connectivity index (χ0) is 14.6. The summed E-state index contributed by atoms with van der Waals surface area (Å²) in [5.41, 5.74) is 2.11. The Bertz CT molecular complexity index is 644. The zero-order valence-electron chi connectivity index (χ0n) is 11.8. The highest BCUT2D eigenvalue weighted by Gasteiger charge is 2.17. The number of benzene rings is 1. The molecule has 0 fully saturated rings. The molecule has 104 valence electrons. The number of nitrogens with zero attached hydrogens (tertiary/aromatic N) is 2. The molecule has 0 bridgehead atoms. The summed E-state index contributed by atoms with van der Waals surface area (Å²) in [4.78, 5) is 4.48. The summed E-state index contributed by atoms with van der Waals surface area (Å²) in [6.07, 6.45) is 3.30. The van der Waals surface area contributed by atoms with Crippen LogP contribution in [0.15, 0.2) is 34.9 Å². The summed E-state index contributed by atoms with van der Waals surface area (Å²) in [5, 5.41) is 13.3. The Morgan fingerprint density at radius 2 is 2.20 bits per heavy atom. The number of pyridine rings is 1. The van der Waals surface area contributed by atoms with Gasteiger partial charge in [-0.1, -0.05) is 26.0 Å². The number of nitriles is 1. The van der Waals surface area contributed by atoms with Crippen molar-refractivity contribution in [2.75, 3.05) is 11.9 Å². The molecule has 1 aromatic heterocycles. The molecular weight excluding hydrogens is 314 g/mol. The predicted octanol–water partition coefficient (Wildman–Crippen LogP) is 4.74. The SMILES string of the molecule is CC(C)(CCC#N)CNc1cccc2cc(Br)cnc12. The van der Waals surface area contributed by atoms with E-state index in [1.54, 1.807) is 0 Å². The largest absolute Gasteiger partial charge is 0.383 e. The minimum atomic E-state index is 0.0905. The summed E-state index contributed by atoms with van der Waals surface area (Å²) in [5.74, 6) is 0. The molecule has 0 aliphatic carbocycles. The average Bonchev–Trinajstić information content (AvgIpc) is 2.42. The van der Waals surface area contributed by atoms with Gasteiger partial charge in [0.15, 0.2) is 0 Å². The van der Waals surface area contributed by atoms with Crippen LogP contribution in [0.25, 0.3) is 10.9 Å². The first-order valence-corrected chi connectivity index (χ1v) is 7.46. The van der Waals surface area contributed by atoms with E-state index < -0.39 is 0 Å². The molecule has 0 unspecified atom stereocenters. The van der Waals surface area contributed by atoms with Gasteiger partial charge in [-0.3, -0.25) is 4.98 Å². The number of rotatable bonds is 5. The quantitative estimate of drug-likeness (QED) is 0.860. The Balaban J connectivity index is 2.16. The van der Waals surface area contributed by atoms with Gasteiger partial charge in [0.05, 0.1) is 17.3 Å². The second-order valence-corrected chi connectivity index (χ2v) is 6.62. The zero-order valence-corrected chi connectivity index (χ0v) is 13.4. The molecule has 0 spiro atoms. The van der Waals surface area contributed by atoms with Crippen molar-refractivity contribution in [2.45, 2.75) is 26.7 Å². The van der Waals surface area contributed by atoms with Crippen molar-refractivity contribution in [2.24, 2.45) is 5.41 Å². The lowest BCUT2D eigenvalue weighted by Gasteiger charge is -2.24. The van der Waals surface area contributed by atoms with Gasteiger partial charge in [0.25, 0.3) is 0 Å². The monoisotopic (exact) mass is 331 g/mol. The van der Waals surface area contributed by atoms with Gasteiger partial charge in [0.2, 0.25) is 0 Å². The highest BCUT2D eigenvalue weighted by Crippen LogP contribution is 2.27. The molecule has 0 amide bonds. The second kappa shape index (κ2) is 6.23. The fourth-order valence-corrected chi connectivity index (χ4v) is 2.44. The minimum absolute atomic E-state index is 0.0905. The molecule has 0 atom stereocenters. The lowest BCUT2D eigenvalue weighted by Crippen LogP contribution is -2.23. The van der Waals surface area contributed by atoms with Crippen molar-refractivity contribution >= 4 is 32.5 Å². The van der Waals surface area contributed by atoms with E-state index in [9.17, 15) is 0 Å². The molecule has 20 heavy (non-hydrogen) atoms. The fourth-order valence-electron chi connectivity index (χ4n) is 2.09. The number of anilines is 1. The normalized spacial score (nSPS) is 11.3. The Morgan fingerprint density at radius 1 is 1.40 bits per heavy atom. The molecule has 0 radical (unpaired) electrons. The number of para-hydroxylation sites is 1. The maximum absolute atomic E-state index is 8.70. The van der Waals surface area contributed by atoms with E-state index in [2.05, 4.69) is 58.3 Å². The average molecular weight is 332 g/mol. The first-order chi connectivity index (χ1) is 9.52. The molecule has 2 aromatic rings. The molecule has 4 heteroatoms. The van der Waals surface area contributed by atoms with Crippen LogP contribution in [0, 0.1) is 16.7 Å². The molecule has 3 nitrogen and oxygen atoms in total. The van der Waals surface area contributed by atoms with Gasteiger partial charge in [-0.25, -0.2) is 0 Å². The van der Waals surface area contributed by atoms with Crippen molar-refractivity contribution in [3.8, 4) is 6.07 Å². The van der Waals surface area contributed by atoms with Crippen LogP contribution in [-0.4, -0.2) is 11.5 Å². The molecule has 1 aromatic carbocycles. The Kier molecular flexibility index (Phi) is 4.61. The standard InChI is InChI=1S/C16H18BrN3/c1-16(2,7-4-8-18)11-20-14-6-3-5-12-9-13(17)10-19-15(12)14/h3,5-6,9-10,20H,4,7,11H2,1-2H3. The van der Waals surface area contributed by atoms with E-state index in [0.29, 0.717) is 6.42 Å². The Labute approximate surface area is 128 Å². The van der Waals surface area contributed by atoms with Crippen LogP contribution >= 0.6 is 15.9 Å². The van der Waals surface area contributed by atoms with Crippen molar-refractivity contribution in [3.63, 3.8) is 0 Å². The minimum Gasteiger partial charge on any atom is -0.383 e. The number of halogens is 1. The molecule has 0 aliphatic rings. The number of hydrogen-bond acceptors (Lipinski definition) is 3. The van der Waals surface area contributed by atoms with Crippen molar-refractivity contribution in [1.82, 2.24) is 4.98 Å². The van der Waals surface area contributed by atoms with E-state index >= 15 is 0 Å². The van der Waals surface area contributed by atoms with E-state index in [-0.39, 0.29) is 5.41 Å². The number of nitrogens with one attached hydrogen (secondary N) is 1. The van der Waals surface area contributed by atoms with E-state index in [1.165, 1.54) is 0 Å². The van der Waals surface area contributed by atoms with Gasteiger partial charge in [0.1, 0.15) is 0 Å². The molecular formula is C16H18BrN3. The summed E-state index contributed by atoms with van der Waals surface area (Å²) >= 11 is 3.44. The van der Waals surface area contributed by atoms with E-state index in [4.69, 9.17) is 5.26 Å². The summed E-state index contributed by atoms with van der Waals surface area (Å²) in [6.45, 7) is 5.17. The molecule has 0 aliphatic heterocycles. The van der Waals surface area contributed by atoms with Gasteiger partial charge in [-0.2, -0.15) is 5.26 Å². The van der Waals surface area contributed by atoms with Crippen LogP contribution in [0.3, 0.4) is 0 Å². The third-order valence-corrected chi connectivity index (χ3v) is 3.78. The first kappa shape index (κ1) is 14.8. The number of fused-ring (bicyclic) bond motifs is 1. The maximum atomic E-state index is 8.70. The van der Waals surface area contributed by atoms with Gasteiger partial charge in [-0.05, 0) is 39.9 Å². The molecule has 2 rings (SSSR count). The lowest BCUT2D eigenvalue weighted by molar-refractivity contribution is 0.364. The molecule has 0 saturated heterocycles. The van der Waals surface area contributed by atoms with Gasteiger partial charge < -0.3 is 5.32 Å².